The average Bonchev–Trinajstić information content (AvgIpc) is 3.20. The van der Waals surface area contributed by atoms with Gasteiger partial charge in [0.05, 0.1) is 17.2 Å². The van der Waals surface area contributed by atoms with Crippen molar-refractivity contribution in [2.24, 2.45) is 5.16 Å². The largest absolute Gasteiger partial charge is 0.482 e. The van der Waals surface area contributed by atoms with Crippen LogP contribution < -0.4 is 4.74 Å². The summed E-state index contributed by atoms with van der Waals surface area (Å²) in [4.78, 5) is 19.5. The first-order valence-electron chi connectivity index (χ1n) is 7.38. The van der Waals surface area contributed by atoms with E-state index in [4.69, 9.17) is 14.6 Å². The van der Waals surface area contributed by atoms with Gasteiger partial charge in [-0.15, -0.1) is 11.3 Å². The molecule has 1 aliphatic heterocycles. The highest BCUT2D eigenvalue weighted by Crippen LogP contribution is 2.42. The fourth-order valence-electron chi connectivity index (χ4n) is 2.45. The maximum absolute atomic E-state index is 5.73. The summed E-state index contributed by atoms with van der Waals surface area (Å²) < 4.78 is 5.73. The molecule has 122 valence electrons. The molecular formula is C16H14N4O2S2. The first-order valence-corrected chi connectivity index (χ1v) is 9.02. The fourth-order valence-corrected chi connectivity index (χ4v) is 4.60. The zero-order chi connectivity index (χ0) is 16.5. The van der Waals surface area contributed by atoms with E-state index in [1.54, 1.807) is 24.6 Å². The van der Waals surface area contributed by atoms with Crippen LogP contribution in [0.25, 0.3) is 20.5 Å². The minimum absolute atomic E-state index is 0.597. The summed E-state index contributed by atoms with van der Waals surface area (Å²) in [6, 6.07) is 3.92. The lowest BCUT2D eigenvalue weighted by Crippen LogP contribution is -2.15. The predicted molar refractivity (Wildman–Crippen MR) is 94.8 cm³/mol. The Morgan fingerprint density at radius 2 is 2.17 bits per heavy atom. The zero-order valence-electron chi connectivity index (χ0n) is 13.1. The molecule has 4 heterocycles. The molecule has 0 atom stereocenters. The molecular weight excluding hydrogens is 344 g/mol. The van der Waals surface area contributed by atoms with Crippen LogP contribution in [0.4, 0.5) is 0 Å². The molecule has 0 radical (unpaired) electrons. The number of thiazole rings is 2. The zero-order valence-corrected chi connectivity index (χ0v) is 14.8. The van der Waals surface area contributed by atoms with E-state index in [2.05, 4.69) is 15.1 Å². The molecule has 8 heteroatoms. The molecule has 0 fully saturated rings. The lowest BCUT2D eigenvalue weighted by Gasteiger charge is -2.12. The Morgan fingerprint density at radius 3 is 2.96 bits per heavy atom. The average molecular weight is 358 g/mol. The molecule has 0 N–H and O–H groups in total. The number of nitrogens with zero attached hydrogens (tertiary/aromatic N) is 4. The van der Waals surface area contributed by atoms with Crippen molar-refractivity contribution in [1.82, 2.24) is 15.0 Å². The number of oxime groups is 1. The van der Waals surface area contributed by atoms with Gasteiger partial charge in [-0.2, -0.15) is 0 Å². The van der Waals surface area contributed by atoms with Crippen LogP contribution in [0.5, 0.6) is 5.06 Å². The number of rotatable bonds is 3. The minimum Gasteiger partial charge on any atom is -0.482 e. The lowest BCUT2D eigenvalue weighted by molar-refractivity contribution is 0.210. The van der Waals surface area contributed by atoms with Crippen LogP contribution in [-0.4, -0.2) is 34.4 Å². The number of hydrogen-bond acceptors (Lipinski definition) is 8. The normalized spacial score (nSPS) is 15.2. The monoisotopic (exact) mass is 358 g/mol. The van der Waals surface area contributed by atoms with Crippen LogP contribution in [-0.2, 0) is 4.84 Å². The van der Waals surface area contributed by atoms with Gasteiger partial charge in [-0.25, -0.2) is 9.97 Å². The molecule has 0 saturated carbocycles. The molecule has 0 aromatic carbocycles. The Morgan fingerprint density at radius 1 is 1.25 bits per heavy atom. The van der Waals surface area contributed by atoms with E-state index in [1.807, 2.05) is 25.3 Å². The molecule has 3 aromatic heterocycles. The fraction of sp³-hybridized carbons (Fsp3) is 0.250. The lowest BCUT2D eigenvalue weighted by atomic mass is 10.2. The van der Waals surface area contributed by atoms with E-state index in [-0.39, 0.29) is 0 Å². The number of hydrogen-bond donors (Lipinski definition) is 0. The Kier molecular flexibility index (Phi) is 3.99. The molecule has 0 bridgehead atoms. The highest BCUT2D eigenvalue weighted by molar-refractivity contribution is 7.24. The van der Waals surface area contributed by atoms with Gasteiger partial charge >= 0.3 is 0 Å². The van der Waals surface area contributed by atoms with Crippen molar-refractivity contribution in [2.75, 3.05) is 13.7 Å². The third-order valence-electron chi connectivity index (χ3n) is 3.54. The second-order valence-corrected chi connectivity index (χ2v) is 7.11. The Hall–Kier alpha value is -2.32. The number of pyridine rings is 1. The van der Waals surface area contributed by atoms with E-state index < -0.39 is 0 Å². The van der Waals surface area contributed by atoms with Crippen LogP contribution in [0.3, 0.4) is 0 Å². The molecule has 6 nitrogen and oxygen atoms in total. The quantitative estimate of drug-likeness (QED) is 0.667. The standard InChI is InChI=1S/C16H14N4O2S2/c1-9-13(23-14(18-9)10-4-3-6-17-8-10)15-19-12-11(20-21-2)5-7-22-16(12)24-15/h3-4,6,8H,5,7H2,1-2H3/b20-11+. The van der Waals surface area contributed by atoms with E-state index in [0.29, 0.717) is 13.0 Å². The van der Waals surface area contributed by atoms with Gasteiger partial charge in [-0.3, -0.25) is 4.98 Å². The molecule has 0 spiro atoms. The van der Waals surface area contributed by atoms with Gasteiger partial charge in [-0.05, 0) is 19.1 Å². The van der Waals surface area contributed by atoms with Gasteiger partial charge in [0, 0.05) is 24.4 Å². The van der Waals surface area contributed by atoms with Gasteiger partial charge in [0.25, 0.3) is 0 Å². The maximum atomic E-state index is 5.73. The van der Waals surface area contributed by atoms with Crippen LogP contribution in [0.15, 0.2) is 29.7 Å². The third-order valence-corrected chi connectivity index (χ3v) is 5.87. The topological polar surface area (TPSA) is 69.5 Å². The van der Waals surface area contributed by atoms with Crippen molar-refractivity contribution >= 4 is 28.4 Å². The van der Waals surface area contributed by atoms with Crippen LogP contribution in [0.1, 0.15) is 17.8 Å². The molecule has 0 unspecified atom stereocenters. The second kappa shape index (κ2) is 6.29. The first-order chi connectivity index (χ1) is 11.8. The number of fused-ring (bicyclic) bond motifs is 1. The van der Waals surface area contributed by atoms with Crippen molar-refractivity contribution in [1.29, 1.82) is 0 Å². The van der Waals surface area contributed by atoms with Crippen LogP contribution in [0.2, 0.25) is 0 Å². The van der Waals surface area contributed by atoms with Crippen LogP contribution in [0, 0.1) is 6.92 Å². The molecule has 24 heavy (non-hydrogen) atoms. The SMILES string of the molecule is CO/N=C1\CCOc2sc(-c3sc(-c4cccnc4)nc3C)nc21. The summed E-state index contributed by atoms with van der Waals surface area (Å²) in [5, 5.41) is 6.70. The Labute approximate surface area is 146 Å². The highest BCUT2D eigenvalue weighted by Gasteiger charge is 2.25. The second-order valence-electron chi connectivity index (χ2n) is 5.15. The molecule has 0 aliphatic carbocycles. The summed E-state index contributed by atoms with van der Waals surface area (Å²) in [6.45, 7) is 2.59. The summed E-state index contributed by atoms with van der Waals surface area (Å²) in [6.07, 6.45) is 4.28. The van der Waals surface area contributed by atoms with E-state index in [9.17, 15) is 0 Å². The van der Waals surface area contributed by atoms with Gasteiger partial charge < -0.3 is 9.57 Å². The molecule has 0 amide bonds. The summed E-state index contributed by atoms with van der Waals surface area (Å²) in [7, 11) is 1.54. The maximum Gasteiger partial charge on any atom is 0.204 e. The Balaban J connectivity index is 1.75. The Bertz CT molecular complexity index is 902. The smallest absolute Gasteiger partial charge is 0.204 e. The van der Waals surface area contributed by atoms with Crippen molar-refractivity contribution in [3.05, 3.63) is 35.9 Å². The molecule has 0 saturated heterocycles. The van der Waals surface area contributed by atoms with Gasteiger partial charge in [0.1, 0.15) is 28.5 Å². The van der Waals surface area contributed by atoms with Crippen molar-refractivity contribution in [2.45, 2.75) is 13.3 Å². The summed E-state index contributed by atoms with van der Waals surface area (Å²) >= 11 is 3.14. The third kappa shape index (κ3) is 2.67. The predicted octanol–water partition coefficient (Wildman–Crippen LogP) is 3.77. The van der Waals surface area contributed by atoms with Gasteiger partial charge in [0.15, 0.2) is 0 Å². The first kappa shape index (κ1) is 15.2. The summed E-state index contributed by atoms with van der Waals surface area (Å²) in [5.41, 5.74) is 3.57. The number of ether oxygens (including phenoxy) is 1. The highest BCUT2D eigenvalue weighted by atomic mass is 32.1. The molecule has 1 aliphatic rings. The van der Waals surface area contributed by atoms with Gasteiger partial charge in [0.2, 0.25) is 5.06 Å². The van der Waals surface area contributed by atoms with Crippen LogP contribution >= 0.6 is 22.7 Å². The van der Waals surface area contributed by atoms with Crippen molar-refractivity contribution in [3.8, 4) is 25.5 Å². The van der Waals surface area contributed by atoms with E-state index >= 15 is 0 Å². The molecule has 4 rings (SSSR count). The summed E-state index contributed by atoms with van der Waals surface area (Å²) in [5.74, 6) is 0. The number of aromatic nitrogens is 3. The molecule has 3 aromatic rings. The number of aryl methyl sites for hydroxylation is 1. The van der Waals surface area contributed by atoms with Crippen molar-refractivity contribution < 1.29 is 9.57 Å². The minimum atomic E-state index is 0.597. The van der Waals surface area contributed by atoms with E-state index in [1.165, 1.54) is 11.3 Å². The van der Waals surface area contributed by atoms with E-state index in [0.717, 1.165) is 42.6 Å². The van der Waals surface area contributed by atoms with Crippen molar-refractivity contribution in [3.63, 3.8) is 0 Å². The van der Waals surface area contributed by atoms with Gasteiger partial charge in [-0.1, -0.05) is 16.5 Å².